The second-order valence-electron chi connectivity index (χ2n) is 4.65. The first-order valence-electron chi connectivity index (χ1n) is 6.75. The molecule has 3 heterocycles. The topological polar surface area (TPSA) is 55.1 Å². The Kier molecular flexibility index (Phi) is 3.64. The number of fused-ring (bicyclic) bond motifs is 1. The second kappa shape index (κ2) is 5.58. The monoisotopic (exact) mass is 287 g/mol. The van der Waals surface area contributed by atoms with Crippen molar-refractivity contribution in [3.8, 4) is 0 Å². The number of nitrogens with zero attached hydrogens (tertiary/aromatic N) is 4. The molecule has 0 saturated heterocycles. The van der Waals surface area contributed by atoms with Gasteiger partial charge in [-0.1, -0.05) is 6.92 Å². The van der Waals surface area contributed by atoms with E-state index in [9.17, 15) is 0 Å². The quantitative estimate of drug-likeness (QED) is 0.784. The van der Waals surface area contributed by atoms with Gasteiger partial charge >= 0.3 is 0 Å². The number of anilines is 1. The summed E-state index contributed by atoms with van der Waals surface area (Å²) in [6, 6.07) is 3.99. The van der Waals surface area contributed by atoms with Gasteiger partial charge in [0.05, 0.1) is 11.2 Å². The van der Waals surface area contributed by atoms with E-state index >= 15 is 0 Å². The van der Waals surface area contributed by atoms with Gasteiger partial charge in [-0.25, -0.2) is 9.97 Å². The highest BCUT2D eigenvalue weighted by atomic mass is 32.1. The molecule has 3 aromatic heterocycles. The predicted octanol–water partition coefficient (Wildman–Crippen LogP) is 2.71. The zero-order valence-electron chi connectivity index (χ0n) is 11.6. The number of aryl methyl sites for hydroxylation is 2. The first-order valence-corrected chi connectivity index (χ1v) is 7.63. The van der Waals surface area contributed by atoms with Gasteiger partial charge < -0.3 is 5.32 Å². The van der Waals surface area contributed by atoms with Crippen LogP contribution in [0.2, 0.25) is 0 Å². The largest absolute Gasteiger partial charge is 0.369 e. The van der Waals surface area contributed by atoms with E-state index in [2.05, 4.69) is 38.8 Å². The molecule has 0 aliphatic carbocycles. The van der Waals surface area contributed by atoms with Gasteiger partial charge in [-0.05, 0) is 13.3 Å². The van der Waals surface area contributed by atoms with Crippen LogP contribution in [0.4, 0.5) is 5.82 Å². The molecular weight excluding hydrogens is 270 g/mol. The second-order valence-corrected chi connectivity index (χ2v) is 5.59. The lowest BCUT2D eigenvalue weighted by Crippen LogP contribution is -2.10. The van der Waals surface area contributed by atoms with E-state index in [0.717, 1.165) is 47.2 Å². The van der Waals surface area contributed by atoms with Crippen LogP contribution in [-0.2, 0) is 12.8 Å². The van der Waals surface area contributed by atoms with E-state index in [1.54, 1.807) is 17.5 Å². The number of hydrogen-bond acceptors (Lipinski definition) is 5. The molecule has 0 aliphatic heterocycles. The molecule has 0 bridgehead atoms. The lowest BCUT2D eigenvalue weighted by atomic mass is 10.3. The van der Waals surface area contributed by atoms with Crippen molar-refractivity contribution in [3.63, 3.8) is 0 Å². The summed E-state index contributed by atoms with van der Waals surface area (Å²) in [7, 11) is 0. The molecule has 0 saturated carbocycles. The maximum atomic E-state index is 4.53. The van der Waals surface area contributed by atoms with Crippen LogP contribution in [0.3, 0.4) is 0 Å². The lowest BCUT2D eigenvalue weighted by molar-refractivity contribution is 0.891. The third kappa shape index (κ3) is 2.65. The van der Waals surface area contributed by atoms with Crippen LogP contribution in [0.25, 0.3) is 5.65 Å². The van der Waals surface area contributed by atoms with Crippen molar-refractivity contribution in [2.24, 2.45) is 0 Å². The molecule has 0 unspecified atom stereocenters. The van der Waals surface area contributed by atoms with E-state index < -0.39 is 0 Å². The Morgan fingerprint density at radius 2 is 2.25 bits per heavy atom. The zero-order valence-corrected chi connectivity index (χ0v) is 12.4. The molecular formula is C14H17N5S. The van der Waals surface area contributed by atoms with E-state index in [-0.39, 0.29) is 0 Å². The lowest BCUT2D eigenvalue weighted by Gasteiger charge is -2.09. The highest BCUT2D eigenvalue weighted by Gasteiger charge is 2.05. The van der Waals surface area contributed by atoms with Gasteiger partial charge in [-0.15, -0.1) is 11.3 Å². The molecule has 0 aromatic carbocycles. The van der Waals surface area contributed by atoms with E-state index in [1.165, 1.54) is 0 Å². The molecule has 20 heavy (non-hydrogen) atoms. The third-order valence-electron chi connectivity index (χ3n) is 3.09. The standard InChI is InChI=1S/C14H17N5S/c1-3-11-8-13(19-12(18-11)4-7-16-19)15-6-5-14-17-10(2)9-20-14/h4,7-9,15H,3,5-6H2,1-2H3. The molecule has 0 radical (unpaired) electrons. The molecule has 0 aliphatic rings. The first-order chi connectivity index (χ1) is 9.76. The Hall–Kier alpha value is -1.95. The Labute approximate surface area is 121 Å². The summed E-state index contributed by atoms with van der Waals surface area (Å²) in [4.78, 5) is 9.01. The van der Waals surface area contributed by atoms with Crippen molar-refractivity contribution in [2.75, 3.05) is 11.9 Å². The van der Waals surface area contributed by atoms with Crippen LogP contribution in [0.5, 0.6) is 0 Å². The molecule has 104 valence electrons. The first kappa shape index (κ1) is 13.1. The number of nitrogens with one attached hydrogen (secondary N) is 1. The summed E-state index contributed by atoms with van der Waals surface area (Å²) >= 11 is 1.71. The highest BCUT2D eigenvalue weighted by molar-refractivity contribution is 7.09. The van der Waals surface area contributed by atoms with Crippen molar-refractivity contribution < 1.29 is 0 Å². The van der Waals surface area contributed by atoms with E-state index in [4.69, 9.17) is 0 Å². The van der Waals surface area contributed by atoms with Crippen molar-refractivity contribution in [2.45, 2.75) is 26.7 Å². The molecule has 0 amide bonds. The average Bonchev–Trinajstić information content (AvgIpc) is 3.07. The normalized spacial score (nSPS) is 11.1. The summed E-state index contributed by atoms with van der Waals surface area (Å²) in [5.41, 5.74) is 3.05. The van der Waals surface area contributed by atoms with Crippen molar-refractivity contribution >= 4 is 22.8 Å². The average molecular weight is 287 g/mol. The van der Waals surface area contributed by atoms with Crippen LogP contribution >= 0.6 is 11.3 Å². The summed E-state index contributed by atoms with van der Waals surface area (Å²) in [5, 5.41) is 11.0. The van der Waals surface area contributed by atoms with Gasteiger partial charge in [0.2, 0.25) is 0 Å². The molecule has 0 atom stereocenters. The van der Waals surface area contributed by atoms with Crippen molar-refractivity contribution in [1.82, 2.24) is 19.6 Å². The van der Waals surface area contributed by atoms with Crippen molar-refractivity contribution in [1.29, 1.82) is 0 Å². The summed E-state index contributed by atoms with van der Waals surface area (Å²) in [6.45, 7) is 4.98. The minimum Gasteiger partial charge on any atom is -0.369 e. The number of aromatic nitrogens is 4. The summed E-state index contributed by atoms with van der Waals surface area (Å²) < 4.78 is 1.84. The SMILES string of the molecule is CCc1cc(NCCc2nc(C)cs2)n2nccc2n1. The minimum absolute atomic E-state index is 0.842. The third-order valence-corrected chi connectivity index (χ3v) is 4.11. The molecule has 3 aromatic rings. The van der Waals surface area contributed by atoms with Gasteiger partial charge in [0, 0.05) is 41.9 Å². The fraction of sp³-hybridized carbons (Fsp3) is 0.357. The van der Waals surface area contributed by atoms with Gasteiger partial charge in [0.1, 0.15) is 5.82 Å². The van der Waals surface area contributed by atoms with Gasteiger partial charge in [0.15, 0.2) is 5.65 Å². The van der Waals surface area contributed by atoms with Gasteiger partial charge in [0.25, 0.3) is 0 Å². The summed E-state index contributed by atoms with van der Waals surface area (Å²) in [5.74, 6) is 0.991. The number of hydrogen-bond donors (Lipinski definition) is 1. The minimum atomic E-state index is 0.842. The Morgan fingerprint density at radius 3 is 3.00 bits per heavy atom. The maximum Gasteiger partial charge on any atom is 0.157 e. The Morgan fingerprint density at radius 1 is 1.35 bits per heavy atom. The predicted molar refractivity (Wildman–Crippen MR) is 81.4 cm³/mol. The molecule has 3 rings (SSSR count). The molecule has 0 spiro atoms. The van der Waals surface area contributed by atoms with Crippen LogP contribution < -0.4 is 5.32 Å². The molecule has 6 heteroatoms. The molecule has 0 fully saturated rings. The van der Waals surface area contributed by atoms with E-state index in [0.29, 0.717) is 0 Å². The number of rotatable bonds is 5. The maximum absolute atomic E-state index is 4.53. The zero-order chi connectivity index (χ0) is 13.9. The highest BCUT2D eigenvalue weighted by Crippen LogP contribution is 2.14. The Bertz CT molecular complexity index is 715. The fourth-order valence-electron chi connectivity index (χ4n) is 2.09. The molecule has 5 nitrogen and oxygen atoms in total. The summed E-state index contributed by atoms with van der Waals surface area (Å²) in [6.07, 6.45) is 3.62. The van der Waals surface area contributed by atoms with Crippen molar-refractivity contribution in [3.05, 3.63) is 40.1 Å². The van der Waals surface area contributed by atoms with Crippen LogP contribution in [0.1, 0.15) is 23.3 Å². The van der Waals surface area contributed by atoms with Crippen LogP contribution in [0, 0.1) is 6.92 Å². The van der Waals surface area contributed by atoms with Crippen LogP contribution in [-0.4, -0.2) is 26.1 Å². The van der Waals surface area contributed by atoms with Crippen LogP contribution in [0.15, 0.2) is 23.7 Å². The smallest absolute Gasteiger partial charge is 0.157 e. The van der Waals surface area contributed by atoms with Gasteiger partial charge in [-0.3, -0.25) is 0 Å². The number of thiazole rings is 1. The Balaban J connectivity index is 1.74. The molecule has 1 N–H and O–H groups in total. The fourth-order valence-corrected chi connectivity index (χ4v) is 2.86. The van der Waals surface area contributed by atoms with E-state index in [1.807, 2.05) is 17.5 Å². The van der Waals surface area contributed by atoms with Gasteiger partial charge in [-0.2, -0.15) is 9.61 Å².